The molecule has 0 unspecified atom stereocenters. The van der Waals surface area contributed by atoms with Gasteiger partial charge in [0, 0.05) is 30.1 Å². The number of amides is 2. The molecule has 6 heteroatoms. The molecule has 2 amide bonds. The van der Waals surface area contributed by atoms with Gasteiger partial charge in [0.1, 0.15) is 5.69 Å². The normalized spacial score (nSPS) is 21.2. The number of nitrogens with zero attached hydrogens (tertiary/aromatic N) is 2. The number of piperidine rings is 1. The smallest absolute Gasteiger partial charge is 0.268 e. The van der Waals surface area contributed by atoms with Crippen LogP contribution in [-0.4, -0.2) is 46.3 Å². The summed E-state index contributed by atoms with van der Waals surface area (Å²) in [6, 6.07) is 3.91. The SMILES string of the molecule is O=C(NCC(=O)N1CCC2(CC1)CC2)c1cc2cc(C3CC3)ncc2[nH]1. The zero-order valence-corrected chi connectivity index (χ0v) is 14.9. The molecule has 0 bridgehead atoms. The third kappa shape index (κ3) is 2.97. The molecule has 6 nitrogen and oxygen atoms in total. The van der Waals surface area contributed by atoms with Crippen molar-refractivity contribution in [3.63, 3.8) is 0 Å². The van der Waals surface area contributed by atoms with Gasteiger partial charge in [-0.3, -0.25) is 14.6 Å². The van der Waals surface area contributed by atoms with Gasteiger partial charge < -0.3 is 15.2 Å². The number of nitrogens with one attached hydrogen (secondary N) is 2. The van der Waals surface area contributed by atoms with Crippen molar-refractivity contribution in [1.29, 1.82) is 0 Å². The zero-order valence-electron chi connectivity index (χ0n) is 14.9. The second-order valence-electron chi connectivity index (χ2n) is 8.22. The highest BCUT2D eigenvalue weighted by Gasteiger charge is 2.45. The van der Waals surface area contributed by atoms with E-state index >= 15 is 0 Å². The average molecular weight is 352 g/mol. The summed E-state index contributed by atoms with van der Waals surface area (Å²) in [7, 11) is 0. The van der Waals surface area contributed by atoms with E-state index in [1.165, 1.54) is 25.7 Å². The molecule has 26 heavy (non-hydrogen) atoms. The quantitative estimate of drug-likeness (QED) is 0.888. The highest BCUT2D eigenvalue weighted by atomic mass is 16.2. The van der Waals surface area contributed by atoms with Gasteiger partial charge in [0.2, 0.25) is 5.91 Å². The summed E-state index contributed by atoms with van der Waals surface area (Å²) in [5, 5.41) is 3.77. The Hall–Kier alpha value is -2.37. The minimum atomic E-state index is -0.238. The lowest BCUT2D eigenvalue weighted by molar-refractivity contribution is -0.131. The predicted octanol–water partition coefficient (Wildman–Crippen LogP) is 2.57. The number of aromatic amines is 1. The molecule has 0 atom stereocenters. The van der Waals surface area contributed by atoms with Crippen molar-refractivity contribution in [2.24, 2.45) is 5.41 Å². The predicted molar refractivity (Wildman–Crippen MR) is 97.9 cm³/mol. The van der Waals surface area contributed by atoms with Crippen LogP contribution < -0.4 is 5.32 Å². The molecule has 0 aromatic carbocycles. The highest BCUT2D eigenvalue weighted by Crippen LogP contribution is 2.53. The van der Waals surface area contributed by atoms with E-state index < -0.39 is 0 Å². The number of H-pyrrole nitrogens is 1. The van der Waals surface area contributed by atoms with Crippen LogP contribution in [0.2, 0.25) is 0 Å². The number of aromatic nitrogens is 2. The van der Waals surface area contributed by atoms with Gasteiger partial charge in [-0.1, -0.05) is 0 Å². The van der Waals surface area contributed by atoms with Crippen molar-refractivity contribution in [3.05, 3.63) is 29.7 Å². The van der Waals surface area contributed by atoms with Gasteiger partial charge in [0.25, 0.3) is 5.91 Å². The Labute approximate surface area is 152 Å². The summed E-state index contributed by atoms with van der Waals surface area (Å²) < 4.78 is 0. The Balaban J connectivity index is 1.19. The molecule has 5 rings (SSSR count). The first-order chi connectivity index (χ1) is 12.6. The molecule has 3 fully saturated rings. The topological polar surface area (TPSA) is 78.1 Å². The van der Waals surface area contributed by atoms with Crippen molar-refractivity contribution in [3.8, 4) is 0 Å². The molecular formula is C20H24N4O2. The molecule has 2 aromatic rings. The van der Waals surface area contributed by atoms with Gasteiger partial charge in [-0.05, 0) is 56.1 Å². The van der Waals surface area contributed by atoms with Gasteiger partial charge in [0.15, 0.2) is 0 Å². The van der Waals surface area contributed by atoms with Crippen LogP contribution in [0.3, 0.4) is 0 Å². The monoisotopic (exact) mass is 352 g/mol. The fraction of sp³-hybridized carbons (Fsp3) is 0.550. The lowest BCUT2D eigenvalue weighted by atomic mass is 9.94. The van der Waals surface area contributed by atoms with Crippen LogP contribution in [0, 0.1) is 5.41 Å². The number of carbonyl (C=O) groups is 2. The van der Waals surface area contributed by atoms with E-state index in [0.29, 0.717) is 17.0 Å². The molecule has 136 valence electrons. The lowest BCUT2D eigenvalue weighted by Crippen LogP contribution is -2.44. The van der Waals surface area contributed by atoms with Gasteiger partial charge in [0.05, 0.1) is 18.3 Å². The first-order valence-corrected chi connectivity index (χ1v) is 9.67. The van der Waals surface area contributed by atoms with Crippen LogP contribution >= 0.6 is 0 Å². The zero-order chi connectivity index (χ0) is 17.7. The van der Waals surface area contributed by atoms with Gasteiger partial charge in [-0.2, -0.15) is 0 Å². The Morgan fingerprint density at radius 3 is 2.65 bits per heavy atom. The number of hydrogen-bond donors (Lipinski definition) is 2. The van der Waals surface area contributed by atoms with Crippen LogP contribution in [0.25, 0.3) is 10.9 Å². The maximum absolute atomic E-state index is 12.4. The average Bonchev–Trinajstić information content (AvgIpc) is 3.59. The number of hydrogen-bond acceptors (Lipinski definition) is 3. The number of carbonyl (C=O) groups excluding carboxylic acids is 2. The number of fused-ring (bicyclic) bond motifs is 1. The van der Waals surface area contributed by atoms with E-state index in [-0.39, 0.29) is 18.4 Å². The highest BCUT2D eigenvalue weighted by molar-refractivity contribution is 5.99. The molecule has 1 saturated heterocycles. The molecule has 3 heterocycles. The third-order valence-corrected chi connectivity index (χ3v) is 6.30. The van der Waals surface area contributed by atoms with Crippen LogP contribution in [0.1, 0.15) is 60.6 Å². The Kier molecular flexibility index (Phi) is 3.55. The molecule has 3 aliphatic rings. The molecule has 2 N–H and O–H groups in total. The summed E-state index contributed by atoms with van der Waals surface area (Å²) in [5.41, 5.74) is 3.00. The van der Waals surface area contributed by atoms with E-state index in [2.05, 4.69) is 21.4 Å². The van der Waals surface area contributed by atoms with Crippen LogP contribution in [-0.2, 0) is 4.79 Å². The van der Waals surface area contributed by atoms with Crippen molar-refractivity contribution in [1.82, 2.24) is 20.2 Å². The molecule has 2 aliphatic carbocycles. The Bertz CT molecular complexity index is 869. The van der Waals surface area contributed by atoms with Gasteiger partial charge in [-0.25, -0.2) is 0 Å². The van der Waals surface area contributed by atoms with Crippen LogP contribution in [0.5, 0.6) is 0 Å². The van der Waals surface area contributed by atoms with E-state index in [1.54, 1.807) is 6.20 Å². The largest absolute Gasteiger partial charge is 0.349 e. The summed E-state index contributed by atoms with van der Waals surface area (Å²) >= 11 is 0. The van der Waals surface area contributed by atoms with E-state index in [4.69, 9.17) is 0 Å². The Morgan fingerprint density at radius 1 is 1.19 bits per heavy atom. The second kappa shape index (κ2) is 5.83. The van der Waals surface area contributed by atoms with Crippen molar-refractivity contribution >= 4 is 22.7 Å². The fourth-order valence-corrected chi connectivity index (χ4v) is 4.04. The molecule has 2 saturated carbocycles. The number of likely N-dealkylation sites (tertiary alicyclic amines) is 1. The molecule has 2 aromatic heterocycles. The molecule has 0 radical (unpaired) electrons. The van der Waals surface area contributed by atoms with Crippen LogP contribution in [0.4, 0.5) is 0 Å². The van der Waals surface area contributed by atoms with E-state index in [9.17, 15) is 9.59 Å². The van der Waals surface area contributed by atoms with E-state index in [1.807, 2.05) is 11.0 Å². The van der Waals surface area contributed by atoms with Crippen LogP contribution in [0.15, 0.2) is 18.3 Å². The third-order valence-electron chi connectivity index (χ3n) is 6.30. The lowest BCUT2D eigenvalue weighted by Gasteiger charge is -2.32. The van der Waals surface area contributed by atoms with Crippen molar-refractivity contribution in [2.75, 3.05) is 19.6 Å². The maximum atomic E-state index is 12.4. The summed E-state index contributed by atoms with van der Waals surface area (Å²) in [4.78, 5) is 34.2. The summed E-state index contributed by atoms with van der Waals surface area (Å²) in [6.07, 6.45) is 9.08. The summed E-state index contributed by atoms with van der Waals surface area (Å²) in [5.74, 6) is 0.365. The minimum Gasteiger partial charge on any atom is -0.349 e. The fourth-order valence-electron chi connectivity index (χ4n) is 4.04. The number of pyridine rings is 1. The van der Waals surface area contributed by atoms with Crippen molar-refractivity contribution in [2.45, 2.75) is 44.4 Å². The standard InChI is InChI=1S/C20H24N4O2/c25-18(24-7-5-20(3-4-20)6-8-24)12-22-19(26)16-10-14-9-15(13-1-2-13)21-11-17(14)23-16/h9-11,13,23H,1-8,12H2,(H,22,26). The first kappa shape index (κ1) is 15.9. The minimum absolute atomic E-state index is 0.0163. The number of rotatable bonds is 4. The van der Waals surface area contributed by atoms with E-state index in [0.717, 1.165) is 42.5 Å². The maximum Gasteiger partial charge on any atom is 0.268 e. The molecule has 1 aliphatic heterocycles. The van der Waals surface area contributed by atoms with Crippen molar-refractivity contribution < 1.29 is 9.59 Å². The molecular weight excluding hydrogens is 328 g/mol. The van der Waals surface area contributed by atoms with Gasteiger partial charge in [-0.15, -0.1) is 0 Å². The first-order valence-electron chi connectivity index (χ1n) is 9.67. The Morgan fingerprint density at radius 2 is 1.96 bits per heavy atom. The second-order valence-corrected chi connectivity index (χ2v) is 8.22. The summed E-state index contributed by atoms with van der Waals surface area (Å²) in [6.45, 7) is 1.72. The van der Waals surface area contributed by atoms with Gasteiger partial charge >= 0.3 is 0 Å². The molecule has 1 spiro atoms.